The van der Waals surface area contributed by atoms with Gasteiger partial charge < -0.3 is 10.8 Å². The number of hydrogen-bond donors (Lipinski definition) is 2. The average molecular weight is 245 g/mol. The predicted octanol–water partition coefficient (Wildman–Crippen LogP) is 3.12. The molecule has 0 amide bonds. The minimum absolute atomic E-state index is 0.187. The molecule has 2 rings (SSSR count). The van der Waals surface area contributed by atoms with Crippen molar-refractivity contribution in [3.05, 3.63) is 29.3 Å². The van der Waals surface area contributed by atoms with Gasteiger partial charge in [-0.2, -0.15) is 13.2 Å². The fraction of sp³-hybridized carbons (Fsp3) is 0.500. The zero-order chi connectivity index (χ0) is 12.6. The van der Waals surface area contributed by atoms with Crippen LogP contribution in [0.2, 0.25) is 0 Å². The maximum absolute atomic E-state index is 12.5. The lowest BCUT2D eigenvalue weighted by Gasteiger charge is -2.15. The van der Waals surface area contributed by atoms with E-state index in [9.17, 15) is 18.3 Å². The van der Waals surface area contributed by atoms with E-state index in [2.05, 4.69) is 0 Å². The van der Waals surface area contributed by atoms with Crippen LogP contribution in [0.3, 0.4) is 0 Å². The zero-order valence-electron chi connectivity index (χ0n) is 9.17. The van der Waals surface area contributed by atoms with Crippen LogP contribution in [-0.4, -0.2) is 5.11 Å². The summed E-state index contributed by atoms with van der Waals surface area (Å²) in [5.74, 6) is 0.430. The van der Waals surface area contributed by atoms with Crippen molar-refractivity contribution in [1.82, 2.24) is 0 Å². The molecule has 1 fully saturated rings. The molecule has 0 spiro atoms. The van der Waals surface area contributed by atoms with Gasteiger partial charge in [-0.1, -0.05) is 12.8 Å². The fourth-order valence-electron chi connectivity index (χ4n) is 1.84. The summed E-state index contributed by atoms with van der Waals surface area (Å²) in [6.07, 6.45) is -2.73. The highest BCUT2D eigenvalue weighted by Gasteiger charge is 2.32. The Hall–Kier alpha value is -1.23. The summed E-state index contributed by atoms with van der Waals surface area (Å²) in [5, 5.41) is 9.85. The van der Waals surface area contributed by atoms with Crippen LogP contribution in [0, 0.1) is 5.92 Å². The molecule has 2 nitrogen and oxygen atoms in total. The quantitative estimate of drug-likeness (QED) is 0.804. The van der Waals surface area contributed by atoms with Crippen LogP contribution in [0.25, 0.3) is 0 Å². The number of benzene rings is 1. The lowest BCUT2D eigenvalue weighted by atomic mass is 9.99. The Morgan fingerprint density at radius 3 is 2.53 bits per heavy atom. The summed E-state index contributed by atoms with van der Waals surface area (Å²) in [7, 11) is 0. The summed E-state index contributed by atoms with van der Waals surface area (Å²) >= 11 is 0. The maximum atomic E-state index is 12.5. The molecule has 1 aliphatic rings. The van der Waals surface area contributed by atoms with Crippen LogP contribution in [0.5, 0.6) is 0 Å². The molecule has 0 saturated heterocycles. The third-order valence-corrected chi connectivity index (χ3v) is 3.03. The molecular weight excluding hydrogens is 231 g/mol. The largest absolute Gasteiger partial charge is 0.416 e. The van der Waals surface area contributed by atoms with Gasteiger partial charge in [-0.25, -0.2) is 0 Å². The second kappa shape index (κ2) is 4.22. The van der Waals surface area contributed by atoms with E-state index >= 15 is 0 Å². The number of rotatable bonds is 3. The molecule has 0 radical (unpaired) electrons. The summed E-state index contributed by atoms with van der Waals surface area (Å²) in [4.78, 5) is 0. The zero-order valence-corrected chi connectivity index (χ0v) is 9.17. The molecule has 1 saturated carbocycles. The number of aliphatic hydroxyl groups is 1. The third kappa shape index (κ3) is 2.91. The van der Waals surface area contributed by atoms with Crippen LogP contribution < -0.4 is 5.73 Å². The van der Waals surface area contributed by atoms with E-state index in [1.54, 1.807) is 0 Å². The topological polar surface area (TPSA) is 46.2 Å². The molecule has 1 atom stereocenters. The molecule has 94 valence electrons. The van der Waals surface area contributed by atoms with E-state index in [-0.39, 0.29) is 11.3 Å². The molecule has 0 bridgehead atoms. The number of hydrogen-bond acceptors (Lipinski definition) is 2. The number of nitrogen functional groups attached to an aromatic ring is 1. The van der Waals surface area contributed by atoms with Gasteiger partial charge in [-0.15, -0.1) is 0 Å². The van der Waals surface area contributed by atoms with Crippen molar-refractivity contribution in [2.75, 3.05) is 5.73 Å². The van der Waals surface area contributed by atoms with E-state index in [0.29, 0.717) is 12.3 Å². The average Bonchev–Trinajstić information content (AvgIpc) is 3.00. The number of nitrogens with two attached hydrogens (primary N) is 1. The Kier molecular flexibility index (Phi) is 3.03. The van der Waals surface area contributed by atoms with Gasteiger partial charge in [0, 0.05) is 11.3 Å². The van der Waals surface area contributed by atoms with Crippen LogP contribution in [0.15, 0.2) is 18.2 Å². The second-order valence-electron chi connectivity index (χ2n) is 4.54. The molecule has 17 heavy (non-hydrogen) atoms. The normalized spacial score (nSPS) is 18.1. The molecule has 5 heteroatoms. The van der Waals surface area contributed by atoms with Crippen LogP contribution in [0.1, 0.15) is 36.5 Å². The summed E-state index contributed by atoms with van der Waals surface area (Å²) in [5.41, 5.74) is 5.24. The van der Waals surface area contributed by atoms with Crippen molar-refractivity contribution in [3.8, 4) is 0 Å². The molecule has 0 aliphatic heterocycles. The molecule has 0 heterocycles. The van der Waals surface area contributed by atoms with Gasteiger partial charge in [0.1, 0.15) is 0 Å². The fourth-order valence-corrected chi connectivity index (χ4v) is 1.84. The summed E-state index contributed by atoms with van der Waals surface area (Å²) in [6.45, 7) is 0. The van der Waals surface area contributed by atoms with E-state index < -0.39 is 17.8 Å². The Morgan fingerprint density at radius 2 is 2.00 bits per heavy atom. The van der Waals surface area contributed by atoms with Gasteiger partial charge in [-0.3, -0.25) is 0 Å². The lowest BCUT2D eigenvalue weighted by Crippen LogP contribution is -2.09. The molecule has 1 aliphatic carbocycles. The summed E-state index contributed by atoms with van der Waals surface area (Å²) < 4.78 is 37.5. The smallest absolute Gasteiger partial charge is 0.398 e. The number of anilines is 1. The first-order valence-corrected chi connectivity index (χ1v) is 5.52. The molecule has 1 aromatic carbocycles. The Bertz CT molecular complexity index is 413. The highest BCUT2D eigenvalue weighted by molar-refractivity contribution is 5.50. The minimum Gasteiger partial charge on any atom is -0.398 e. The van der Waals surface area contributed by atoms with E-state index in [1.165, 1.54) is 6.07 Å². The van der Waals surface area contributed by atoms with Gasteiger partial charge in [0.25, 0.3) is 0 Å². The highest BCUT2D eigenvalue weighted by atomic mass is 19.4. The Balaban J connectivity index is 2.24. The van der Waals surface area contributed by atoms with Gasteiger partial charge in [0.15, 0.2) is 0 Å². The van der Waals surface area contributed by atoms with Crippen molar-refractivity contribution in [2.24, 2.45) is 5.92 Å². The standard InChI is InChI=1S/C12H14F3NO/c13-12(14,15)8-3-4-10(16)9(6-8)11(17)5-7-1-2-7/h3-4,6-7,11,17H,1-2,5,16H2. The van der Waals surface area contributed by atoms with Gasteiger partial charge >= 0.3 is 6.18 Å². The molecular formula is C12H14F3NO. The molecule has 3 N–H and O–H groups in total. The Labute approximate surface area is 97.2 Å². The SMILES string of the molecule is Nc1ccc(C(F)(F)F)cc1C(O)CC1CC1. The van der Waals surface area contributed by atoms with Crippen LogP contribution in [-0.2, 0) is 6.18 Å². The molecule has 1 aromatic rings. The van der Waals surface area contributed by atoms with Crippen molar-refractivity contribution in [3.63, 3.8) is 0 Å². The first-order valence-electron chi connectivity index (χ1n) is 5.52. The van der Waals surface area contributed by atoms with Gasteiger partial charge in [-0.05, 0) is 30.5 Å². The minimum atomic E-state index is -4.40. The molecule has 1 unspecified atom stereocenters. The first kappa shape index (κ1) is 12.2. The van der Waals surface area contributed by atoms with Gasteiger partial charge in [0.05, 0.1) is 11.7 Å². The first-order chi connectivity index (χ1) is 7.88. The van der Waals surface area contributed by atoms with Crippen LogP contribution >= 0.6 is 0 Å². The maximum Gasteiger partial charge on any atom is 0.416 e. The van der Waals surface area contributed by atoms with E-state index in [1.807, 2.05) is 0 Å². The third-order valence-electron chi connectivity index (χ3n) is 3.03. The molecule has 0 aromatic heterocycles. The monoisotopic (exact) mass is 245 g/mol. The van der Waals surface area contributed by atoms with Crippen molar-refractivity contribution in [1.29, 1.82) is 0 Å². The number of alkyl halides is 3. The predicted molar refractivity (Wildman–Crippen MR) is 58.2 cm³/mol. The van der Waals surface area contributed by atoms with Crippen LogP contribution in [0.4, 0.5) is 18.9 Å². The van der Waals surface area contributed by atoms with Crippen molar-refractivity contribution in [2.45, 2.75) is 31.5 Å². The van der Waals surface area contributed by atoms with Crippen molar-refractivity contribution >= 4 is 5.69 Å². The van der Waals surface area contributed by atoms with E-state index in [0.717, 1.165) is 25.0 Å². The number of aliphatic hydroxyl groups excluding tert-OH is 1. The Morgan fingerprint density at radius 1 is 1.35 bits per heavy atom. The highest BCUT2D eigenvalue weighted by Crippen LogP contribution is 2.40. The summed E-state index contributed by atoms with van der Waals surface area (Å²) in [6, 6.07) is 3.08. The van der Waals surface area contributed by atoms with Gasteiger partial charge in [0.2, 0.25) is 0 Å². The number of halogens is 3. The lowest BCUT2D eigenvalue weighted by molar-refractivity contribution is -0.137. The van der Waals surface area contributed by atoms with Crippen molar-refractivity contribution < 1.29 is 18.3 Å². The second-order valence-corrected chi connectivity index (χ2v) is 4.54. The van der Waals surface area contributed by atoms with E-state index in [4.69, 9.17) is 5.73 Å².